The predicted octanol–water partition coefficient (Wildman–Crippen LogP) is 0.0894. The monoisotopic (exact) mass is 238 g/mol. The first-order valence-corrected chi connectivity index (χ1v) is 6.12. The van der Waals surface area contributed by atoms with Gasteiger partial charge < -0.3 is 14.6 Å². The zero-order valence-electron chi connectivity index (χ0n) is 10.9. The molecule has 0 aromatic carbocycles. The van der Waals surface area contributed by atoms with Gasteiger partial charge >= 0.3 is 0 Å². The second-order valence-electron chi connectivity index (χ2n) is 5.07. The molecule has 0 amide bonds. The molecule has 17 heavy (non-hydrogen) atoms. The minimum absolute atomic E-state index is 0.123. The smallest absolute Gasteiger partial charge is 0.114 e. The Balaban J connectivity index is 2.13. The number of aryl methyl sites for hydroxylation is 1. The van der Waals surface area contributed by atoms with Crippen LogP contribution in [0.15, 0.2) is 12.5 Å². The first-order chi connectivity index (χ1) is 8.08. The average Bonchev–Trinajstić information content (AvgIpc) is 2.64. The lowest BCUT2D eigenvalue weighted by Crippen LogP contribution is -2.42. The fourth-order valence-corrected chi connectivity index (χ4v) is 2.43. The minimum Gasteiger partial charge on any atom is -0.385 e. The van der Waals surface area contributed by atoms with E-state index in [1.165, 1.54) is 0 Å². The second-order valence-corrected chi connectivity index (χ2v) is 5.07. The van der Waals surface area contributed by atoms with Gasteiger partial charge in [0.25, 0.3) is 0 Å². The molecule has 1 N–H and O–H groups in total. The molecule has 2 atom stereocenters. The van der Waals surface area contributed by atoms with E-state index in [2.05, 4.69) is 28.9 Å². The van der Waals surface area contributed by atoms with Crippen LogP contribution in [0.2, 0.25) is 0 Å². The quantitative estimate of drug-likeness (QED) is 0.793. The maximum absolute atomic E-state index is 10.4. The van der Waals surface area contributed by atoms with Crippen LogP contribution in [0.3, 0.4) is 0 Å². The summed E-state index contributed by atoms with van der Waals surface area (Å²) in [6.07, 6.45) is 4.27. The number of hydrogen-bond donors (Lipinski definition) is 1. The Bertz CT molecular complexity index is 365. The highest BCUT2D eigenvalue weighted by Gasteiger charge is 2.29. The van der Waals surface area contributed by atoms with Crippen molar-refractivity contribution in [3.05, 3.63) is 18.2 Å². The fraction of sp³-hybridized carbons (Fsp3) is 0.750. The van der Waals surface area contributed by atoms with Crippen LogP contribution in [0.25, 0.3) is 0 Å². The number of hydrogen-bond acceptors (Lipinski definition) is 4. The Morgan fingerprint density at radius 1 is 1.35 bits per heavy atom. The largest absolute Gasteiger partial charge is 0.385 e. The zero-order valence-corrected chi connectivity index (χ0v) is 10.9. The Kier molecular flexibility index (Phi) is 3.81. The van der Waals surface area contributed by atoms with E-state index in [4.69, 9.17) is 0 Å². The first-order valence-electron chi connectivity index (χ1n) is 6.12. The van der Waals surface area contributed by atoms with Crippen LogP contribution in [0.1, 0.15) is 18.2 Å². The molecule has 1 fully saturated rings. The fourth-order valence-electron chi connectivity index (χ4n) is 2.43. The molecule has 5 nitrogen and oxygen atoms in total. The number of aliphatic hydroxyl groups is 1. The lowest BCUT2D eigenvalue weighted by molar-refractivity contribution is 0.0545. The SMILES string of the molecule is CN1CCCN(C)C(C(O)c2cn(C)cn2)C1. The van der Waals surface area contributed by atoms with Gasteiger partial charge in [0.2, 0.25) is 0 Å². The molecule has 1 aromatic heterocycles. The summed E-state index contributed by atoms with van der Waals surface area (Å²) in [7, 11) is 6.11. The molecule has 0 spiro atoms. The molecule has 0 saturated carbocycles. The van der Waals surface area contributed by atoms with Gasteiger partial charge in [0.15, 0.2) is 0 Å². The number of rotatable bonds is 2. The number of aromatic nitrogens is 2. The highest BCUT2D eigenvalue weighted by molar-refractivity contribution is 5.05. The summed E-state index contributed by atoms with van der Waals surface area (Å²) in [5, 5.41) is 10.4. The summed E-state index contributed by atoms with van der Waals surface area (Å²) in [6.45, 7) is 3.00. The summed E-state index contributed by atoms with van der Waals surface area (Å²) in [5.74, 6) is 0. The van der Waals surface area contributed by atoms with Crippen molar-refractivity contribution < 1.29 is 5.11 Å². The molecule has 2 rings (SSSR count). The van der Waals surface area contributed by atoms with Crippen LogP contribution in [0.4, 0.5) is 0 Å². The Morgan fingerprint density at radius 3 is 2.76 bits per heavy atom. The zero-order chi connectivity index (χ0) is 12.4. The third-order valence-corrected chi connectivity index (χ3v) is 3.51. The van der Waals surface area contributed by atoms with Gasteiger partial charge in [-0.1, -0.05) is 0 Å². The average molecular weight is 238 g/mol. The van der Waals surface area contributed by atoms with Crippen LogP contribution in [0.5, 0.6) is 0 Å². The number of imidazole rings is 1. The van der Waals surface area contributed by atoms with E-state index in [9.17, 15) is 5.11 Å². The van der Waals surface area contributed by atoms with Gasteiger partial charge in [0.1, 0.15) is 6.10 Å². The molecular weight excluding hydrogens is 216 g/mol. The molecule has 0 radical (unpaired) electrons. The van der Waals surface area contributed by atoms with Gasteiger partial charge in [0.05, 0.1) is 18.1 Å². The molecule has 96 valence electrons. The van der Waals surface area contributed by atoms with Crippen molar-refractivity contribution in [3.63, 3.8) is 0 Å². The van der Waals surface area contributed by atoms with Crippen LogP contribution in [0, 0.1) is 0 Å². The third kappa shape index (κ3) is 2.86. The number of aliphatic hydroxyl groups excluding tert-OH is 1. The normalized spacial score (nSPS) is 25.8. The van der Waals surface area contributed by atoms with Crippen LogP contribution < -0.4 is 0 Å². The molecule has 1 aromatic rings. The predicted molar refractivity (Wildman–Crippen MR) is 66.7 cm³/mol. The van der Waals surface area contributed by atoms with Gasteiger partial charge in [-0.05, 0) is 33.6 Å². The van der Waals surface area contributed by atoms with E-state index in [-0.39, 0.29) is 6.04 Å². The molecule has 0 bridgehead atoms. The highest BCUT2D eigenvalue weighted by atomic mass is 16.3. The second kappa shape index (κ2) is 5.16. The first kappa shape index (κ1) is 12.5. The molecular formula is C12H22N4O. The standard InChI is InChI=1S/C12H22N4O/c1-14-5-4-6-16(3)11(8-14)12(17)10-7-15(2)9-13-10/h7,9,11-12,17H,4-6,8H2,1-3H3. The van der Waals surface area contributed by atoms with E-state index < -0.39 is 6.10 Å². The minimum atomic E-state index is -0.512. The highest BCUT2D eigenvalue weighted by Crippen LogP contribution is 2.21. The summed E-state index contributed by atoms with van der Waals surface area (Å²) < 4.78 is 1.87. The van der Waals surface area contributed by atoms with Crippen molar-refractivity contribution in [1.82, 2.24) is 19.4 Å². The van der Waals surface area contributed by atoms with Gasteiger partial charge in [-0.2, -0.15) is 0 Å². The van der Waals surface area contributed by atoms with Crippen molar-refractivity contribution in [2.45, 2.75) is 18.6 Å². The van der Waals surface area contributed by atoms with Gasteiger partial charge in [-0.3, -0.25) is 4.90 Å². The van der Waals surface area contributed by atoms with Gasteiger partial charge in [0, 0.05) is 19.8 Å². The van der Waals surface area contributed by atoms with Crippen LogP contribution in [-0.2, 0) is 7.05 Å². The van der Waals surface area contributed by atoms with E-state index in [0.29, 0.717) is 0 Å². The molecule has 1 saturated heterocycles. The lowest BCUT2D eigenvalue weighted by Gasteiger charge is -2.30. The summed E-state index contributed by atoms with van der Waals surface area (Å²) in [4.78, 5) is 8.77. The Morgan fingerprint density at radius 2 is 2.12 bits per heavy atom. The van der Waals surface area contributed by atoms with Gasteiger partial charge in [-0.25, -0.2) is 4.98 Å². The van der Waals surface area contributed by atoms with Crippen LogP contribution in [-0.4, -0.2) is 64.2 Å². The maximum Gasteiger partial charge on any atom is 0.114 e. The Labute approximate surface area is 103 Å². The van der Waals surface area contributed by atoms with Crippen molar-refractivity contribution in [2.24, 2.45) is 7.05 Å². The third-order valence-electron chi connectivity index (χ3n) is 3.51. The summed E-state index contributed by atoms with van der Waals surface area (Å²) in [5.41, 5.74) is 0.764. The van der Waals surface area contributed by atoms with E-state index in [0.717, 1.165) is 31.7 Å². The molecule has 1 aliphatic rings. The van der Waals surface area contributed by atoms with Gasteiger partial charge in [-0.15, -0.1) is 0 Å². The van der Waals surface area contributed by atoms with E-state index in [1.807, 2.05) is 17.8 Å². The molecule has 2 heterocycles. The number of nitrogens with zero attached hydrogens (tertiary/aromatic N) is 4. The summed E-state index contributed by atoms with van der Waals surface area (Å²) in [6, 6.07) is 0.123. The number of likely N-dealkylation sites (N-methyl/N-ethyl adjacent to an activating group) is 2. The van der Waals surface area contributed by atoms with E-state index in [1.54, 1.807) is 6.33 Å². The molecule has 5 heteroatoms. The topological polar surface area (TPSA) is 44.5 Å². The molecule has 0 aliphatic carbocycles. The molecule has 1 aliphatic heterocycles. The maximum atomic E-state index is 10.4. The van der Waals surface area contributed by atoms with Crippen molar-refractivity contribution in [1.29, 1.82) is 0 Å². The van der Waals surface area contributed by atoms with Crippen molar-refractivity contribution in [3.8, 4) is 0 Å². The van der Waals surface area contributed by atoms with Crippen molar-refractivity contribution >= 4 is 0 Å². The van der Waals surface area contributed by atoms with E-state index >= 15 is 0 Å². The lowest BCUT2D eigenvalue weighted by atomic mass is 10.1. The Hall–Kier alpha value is -0.910. The van der Waals surface area contributed by atoms with Crippen LogP contribution >= 0.6 is 0 Å². The summed E-state index contributed by atoms with van der Waals surface area (Å²) >= 11 is 0. The van der Waals surface area contributed by atoms with Crippen molar-refractivity contribution in [2.75, 3.05) is 33.7 Å². The molecule has 2 unspecified atom stereocenters.